The molecule has 0 aromatic rings. The van der Waals surface area contributed by atoms with Gasteiger partial charge in [-0.2, -0.15) is 0 Å². The third-order valence-corrected chi connectivity index (χ3v) is 4.12. The van der Waals surface area contributed by atoms with Crippen molar-refractivity contribution in [2.45, 2.75) is 64.2 Å². The van der Waals surface area contributed by atoms with Gasteiger partial charge >= 0.3 is 5.97 Å². The second-order valence-corrected chi connectivity index (χ2v) is 5.53. The van der Waals surface area contributed by atoms with Crippen LogP contribution in [0.25, 0.3) is 0 Å². The van der Waals surface area contributed by atoms with Crippen molar-refractivity contribution in [3.8, 4) is 0 Å². The van der Waals surface area contributed by atoms with E-state index in [0.29, 0.717) is 18.9 Å². The molecule has 2 heteroatoms. The van der Waals surface area contributed by atoms with Crippen LogP contribution in [0.5, 0.6) is 0 Å². The number of rotatable bonds is 0. The lowest BCUT2D eigenvalue weighted by molar-refractivity contribution is -0.145. The summed E-state index contributed by atoms with van der Waals surface area (Å²) in [6, 6.07) is 0. The van der Waals surface area contributed by atoms with Gasteiger partial charge in [0.25, 0.3) is 0 Å². The van der Waals surface area contributed by atoms with E-state index in [9.17, 15) is 4.79 Å². The number of carbonyl (C=O) groups is 1. The molecule has 1 aliphatic heterocycles. The van der Waals surface area contributed by atoms with Crippen LogP contribution in [0.15, 0.2) is 0 Å². The Balaban J connectivity index is 1.94. The highest BCUT2D eigenvalue weighted by Gasteiger charge is 2.23. The SMILES string of the molecule is O=C1C[C@@H]2CCCC[C@@H](CCCCCO1)C2. The zero-order chi connectivity index (χ0) is 11.2. The summed E-state index contributed by atoms with van der Waals surface area (Å²) < 4.78 is 5.27. The Hall–Kier alpha value is -0.530. The molecule has 92 valence electrons. The van der Waals surface area contributed by atoms with Gasteiger partial charge in [-0.3, -0.25) is 4.79 Å². The quantitative estimate of drug-likeness (QED) is 0.587. The minimum atomic E-state index is 0.0487. The van der Waals surface area contributed by atoms with Crippen molar-refractivity contribution >= 4 is 5.97 Å². The molecule has 1 saturated carbocycles. The average Bonchev–Trinajstić information content (AvgIpc) is 2.49. The molecule has 1 saturated heterocycles. The monoisotopic (exact) mass is 224 g/mol. The van der Waals surface area contributed by atoms with Gasteiger partial charge in [-0.05, 0) is 31.1 Å². The molecule has 16 heavy (non-hydrogen) atoms. The Kier molecular flexibility index (Phi) is 4.68. The molecule has 0 aromatic carbocycles. The lowest BCUT2D eigenvalue weighted by Crippen LogP contribution is -2.13. The molecule has 2 bridgehead atoms. The zero-order valence-corrected chi connectivity index (χ0v) is 10.2. The summed E-state index contributed by atoms with van der Waals surface area (Å²) in [4.78, 5) is 11.6. The Morgan fingerprint density at radius 1 is 0.875 bits per heavy atom. The van der Waals surface area contributed by atoms with E-state index in [-0.39, 0.29) is 5.97 Å². The molecule has 1 aliphatic carbocycles. The third-order valence-electron chi connectivity index (χ3n) is 4.12. The number of hydrogen-bond donors (Lipinski definition) is 0. The number of cyclic esters (lactones) is 1. The van der Waals surface area contributed by atoms with Gasteiger partial charge < -0.3 is 4.74 Å². The minimum Gasteiger partial charge on any atom is -0.466 e. The Bertz CT molecular complexity index is 225. The van der Waals surface area contributed by atoms with Crippen LogP contribution >= 0.6 is 0 Å². The summed E-state index contributed by atoms with van der Waals surface area (Å²) >= 11 is 0. The van der Waals surface area contributed by atoms with Crippen LogP contribution < -0.4 is 0 Å². The van der Waals surface area contributed by atoms with Gasteiger partial charge in [0.1, 0.15) is 0 Å². The fourth-order valence-corrected chi connectivity index (χ4v) is 3.21. The predicted molar refractivity (Wildman–Crippen MR) is 64.1 cm³/mol. The van der Waals surface area contributed by atoms with E-state index in [4.69, 9.17) is 4.74 Å². The van der Waals surface area contributed by atoms with Crippen LogP contribution in [0.2, 0.25) is 0 Å². The van der Waals surface area contributed by atoms with Crippen LogP contribution in [0, 0.1) is 11.8 Å². The van der Waals surface area contributed by atoms with Crippen molar-refractivity contribution in [2.75, 3.05) is 6.61 Å². The highest BCUT2D eigenvalue weighted by molar-refractivity contribution is 5.69. The van der Waals surface area contributed by atoms with Crippen LogP contribution in [-0.2, 0) is 9.53 Å². The number of carbonyl (C=O) groups excluding carboxylic acids is 1. The van der Waals surface area contributed by atoms with Crippen molar-refractivity contribution in [3.05, 3.63) is 0 Å². The second-order valence-electron chi connectivity index (χ2n) is 5.53. The van der Waals surface area contributed by atoms with Crippen molar-refractivity contribution in [1.82, 2.24) is 0 Å². The zero-order valence-electron chi connectivity index (χ0n) is 10.2. The average molecular weight is 224 g/mol. The lowest BCUT2D eigenvalue weighted by Gasteiger charge is -2.18. The maximum atomic E-state index is 11.6. The molecule has 0 unspecified atom stereocenters. The molecule has 2 aliphatic rings. The number of esters is 1. The van der Waals surface area contributed by atoms with E-state index < -0.39 is 0 Å². The third kappa shape index (κ3) is 3.80. The van der Waals surface area contributed by atoms with Gasteiger partial charge in [0.2, 0.25) is 0 Å². The number of fused-ring (bicyclic) bond motifs is 2. The Morgan fingerprint density at radius 2 is 1.56 bits per heavy atom. The summed E-state index contributed by atoms with van der Waals surface area (Å²) in [5.41, 5.74) is 0. The van der Waals surface area contributed by atoms with Gasteiger partial charge in [0, 0.05) is 6.42 Å². The molecule has 0 spiro atoms. The maximum absolute atomic E-state index is 11.6. The first-order valence-corrected chi connectivity index (χ1v) is 7.00. The first kappa shape index (κ1) is 11.9. The largest absolute Gasteiger partial charge is 0.466 e. The first-order valence-electron chi connectivity index (χ1n) is 7.00. The molecule has 2 fully saturated rings. The van der Waals surface area contributed by atoms with Gasteiger partial charge in [0.05, 0.1) is 6.61 Å². The van der Waals surface area contributed by atoms with Crippen LogP contribution in [-0.4, -0.2) is 12.6 Å². The molecule has 0 N–H and O–H groups in total. The summed E-state index contributed by atoms with van der Waals surface area (Å²) in [6.45, 7) is 0.649. The molecule has 1 heterocycles. The predicted octanol–water partition coefficient (Wildman–Crippen LogP) is 3.69. The molecular weight excluding hydrogens is 200 g/mol. The molecule has 2 atom stereocenters. The van der Waals surface area contributed by atoms with Crippen molar-refractivity contribution in [1.29, 1.82) is 0 Å². The lowest BCUT2D eigenvalue weighted by atomic mass is 9.88. The number of ether oxygens (including phenoxy) is 1. The maximum Gasteiger partial charge on any atom is 0.306 e. The van der Waals surface area contributed by atoms with Crippen molar-refractivity contribution in [3.63, 3.8) is 0 Å². The highest BCUT2D eigenvalue weighted by Crippen LogP contribution is 2.33. The summed E-state index contributed by atoms with van der Waals surface area (Å²) in [7, 11) is 0. The minimum absolute atomic E-state index is 0.0487. The summed E-state index contributed by atoms with van der Waals surface area (Å²) in [5.74, 6) is 1.55. The van der Waals surface area contributed by atoms with Gasteiger partial charge in [0.15, 0.2) is 0 Å². The van der Waals surface area contributed by atoms with E-state index >= 15 is 0 Å². The standard InChI is InChI=1S/C14H24O2/c15-14-11-13-8-4-3-7-12(10-13)6-2-1-5-9-16-14/h12-13H,1-11H2/t12-,13-/m1/s1. The van der Waals surface area contributed by atoms with Gasteiger partial charge in [-0.25, -0.2) is 0 Å². The van der Waals surface area contributed by atoms with E-state index in [2.05, 4.69) is 0 Å². The summed E-state index contributed by atoms with van der Waals surface area (Å²) in [6.07, 6.45) is 12.3. The smallest absolute Gasteiger partial charge is 0.306 e. The van der Waals surface area contributed by atoms with Crippen LogP contribution in [0.1, 0.15) is 64.2 Å². The molecule has 2 rings (SSSR count). The van der Waals surface area contributed by atoms with E-state index in [1.165, 1.54) is 51.4 Å². The second kappa shape index (κ2) is 6.27. The van der Waals surface area contributed by atoms with E-state index in [1.807, 2.05) is 0 Å². The fourth-order valence-electron chi connectivity index (χ4n) is 3.21. The molecule has 2 nitrogen and oxygen atoms in total. The molecule has 0 amide bonds. The van der Waals surface area contributed by atoms with Crippen molar-refractivity contribution in [2.24, 2.45) is 11.8 Å². The fraction of sp³-hybridized carbons (Fsp3) is 0.929. The van der Waals surface area contributed by atoms with E-state index in [1.54, 1.807) is 0 Å². The summed E-state index contributed by atoms with van der Waals surface area (Å²) in [5, 5.41) is 0. The van der Waals surface area contributed by atoms with Crippen LogP contribution in [0.4, 0.5) is 0 Å². The first-order chi connectivity index (χ1) is 7.84. The van der Waals surface area contributed by atoms with Crippen molar-refractivity contribution < 1.29 is 9.53 Å². The normalized spacial score (nSPS) is 33.4. The highest BCUT2D eigenvalue weighted by atomic mass is 16.5. The Morgan fingerprint density at radius 3 is 2.38 bits per heavy atom. The molecular formula is C14H24O2. The Labute approximate surface area is 98.7 Å². The molecule has 0 radical (unpaired) electrons. The number of hydrogen-bond acceptors (Lipinski definition) is 2. The molecule has 0 aromatic heterocycles. The van der Waals surface area contributed by atoms with Crippen LogP contribution in [0.3, 0.4) is 0 Å². The topological polar surface area (TPSA) is 26.3 Å². The van der Waals surface area contributed by atoms with E-state index in [0.717, 1.165) is 12.3 Å². The van der Waals surface area contributed by atoms with Gasteiger partial charge in [-0.15, -0.1) is 0 Å². The van der Waals surface area contributed by atoms with Gasteiger partial charge in [-0.1, -0.05) is 38.5 Å².